The molecule has 3 heterocycles. The molecule has 1 aliphatic rings. The number of hydrogen-bond acceptors (Lipinski definition) is 5. The van der Waals surface area contributed by atoms with Crippen molar-refractivity contribution in [2.45, 2.75) is 5.66 Å². The van der Waals surface area contributed by atoms with Gasteiger partial charge in [0.25, 0.3) is 0 Å². The van der Waals surface area contributed by atoms with Crippen LogP contribution in [0, 0.1) is 0 Å². The van der Waals surface area contributed by atoms with E-state index in [4.69, 9.17) is 32.5 Å². The van der Waals surface area contributed by atoms with Crippen molar-refractivity contribution in [2.75, 3.05) is 0 Å². The Morgan fingerprint density at radius 3 is 2.67 bits per heavy atom. The Balaban J connectivity index is 2.16. The molecule has 5 nitrogen and oxygen atoms in total. The van der Waals surface area contributed by atoms with Gasteiger partial charge < -0.3 is 9.25 Å². The first kappa shape index (κ1) is 11.5. The molecule has 1 N–H and O–H groups in total. The lowest BCUT2D eigenvalue weighted by Gasteiger charge is -2.22. The van der Waals surface area contributed by atoms with Crippen LogP contribution in [0.1, 0.15) is 11.5 Å². The fourth-order valence-corrected chi connectivity index (χ4v) is 2.07. The number of nitrogens with one attached hydrogen (secondary N) is 1. The van der Waals surface area contributed by atoms with Crippen molar-refractivity contribution >= 4 is 29.6 Å². The largest absolute Gasteiger partial charge is 0.463 e. The van der Waals surface area contributed by atoms with Crippen LogP contribution in [-0.2, 0) is 10.5 Å². The zero-order valence-corrected chi connectivity index (χ0v) is 10.4. The highest BCUT2D eigenvalue weighted by Crippen LogP contribution is 2.37. The average Bonchev–Trinajstić information content (AvgIpc) is 2.99. The molecule has 3 rings (SSSR count). The zero-order chi connectivity index (χ0) is 12.6. The van der Waals surface area contributed by atoms with Gasteiger partial charge in [-0.1, -0.05) is 23.2 Å². The standard InChI is InChI=1S/C11H7Cl2N3O2/c12-7-1-2-9(14-5-7)11(15-6-18-16-11)10-8(13)3-4-17-10/h1-6,16H. The maximum absolute atomic E-state index is 6.07. The van der Waals surface area contributed by atoms with E-state index in [-0.39, 0.29) is 0 Å². The van der Waals surface area contributed by atoms with Gasteiger partial charge in [0.05, 0.1) is 22.0 Å². The second-order valence-electron chi connectivity index (χ2n) is 3.62. The molecule has 92 valence electrons. The highest BCUT2D eigenvalue weighted by Gasteiger charge is 2.43. The van der Waals surface area contributed by atoms with E-state index < -0.39 is 5.66 Å². The lowest BCUT2D eigenvalue weighted by atomic mass is 10.0. The molecule has 0 bridgehead atoms. The number of halogens is 2. The molecule has 7 heteroatoms. The minimum Gasteiger partial charge on any atom is -0.463 e. The average molecular weight is 284 g/mol. The first-order chi connectivity index (χ1) is 8.72. The summed E-state index contributed by atoms with van der Waals surface area (Å²) < 4.78 is 5.38. The summed E-state index contributed by atoms with van der Waals surface area (Å²) in [6.45, 7) is 0. The van der Waals surface area contributed by atoms with Crippen molar-refractivity contribution < 1.29 is 9.25 Å². The maximum atomic E-state index is 6.07. The van der Waals surface area contributed by atoms with Crippen LogP contribution in [0.25, 0.3) is 0 Å². The molecule has 1 atom stereocenters. The van der Waals surface area contributed by atoms with Crippen molar-refractivity contribution in [1.82, 2.24) is 10.5 Å². The number of pyridine rings is 1. The lowest BCUT2D eigenvalue weighted by molar-refractivity contribution is 0.129. The molecule has 2 aromatic rings. The molecule has 0 aliphatic carbocycles. The number of nitrogens with zero attached hydrogens (tertiary/aromatic N) is 2. The molecule has 1 aliphatic heterocycles. The summed E-state index contributed by atoms with van der Waals surface area (Å²) in [5.74, 6) is 0.410. The van der Waals surface area contributed by atoms with Crippen molar-refractivity contribution in [3.63, 3.8) is 0 Å². The molecular formula is C11H7Cl2N3O2. The Bertz CT molecular complexity index is 597. The van der Waals surface area contributed by atoms with Crippen LogP contribution in [0.5, 0.6) is 0 Å². The van der Waals surface area contributed by atoms with E-state index >= 15 is 0 Å². The topological polar surface area (TPSA) is 59.7 Å². The van der Waals surface area contributed by atoms with Crippen LogP contribution >= 0.6 is 23.2 Å². The smallest absolute Gasteiger partial charge is 0.246 e. The predicted octanol–water partition coefficient (Wildman–Crippen LogP) is 2.75. The molecule has 2 aromatic heterocycles. The fraction of sp³-hybridized carbons (Fsp3) is 0.0909. The molecule has 18 heavy (non-hydrogen) atoms. The van der Waals surface area contributed by atoms with E-state index in [9.17, 15) is 0 Å². The zero-order valence-electron chi connectivity index (χ0n) is 8.93. The van der Waals surface area contributed by atoms with Crippen LogP contribution in [0.2, 0.25) is 10.0 Å². The minimum absolute atomic E-state index is 0.410. The van der Waals surface area contributed by atoms with Gasteiger partial charge in [0.15, 0.2) is 12.2 Å². The van der Waals surface area contributed by atoms with Gasteiger partial charge in [-0.05, 0) is 18.2 Å². The van der Waals surface area contributed by atoms with Crippen molar-refractivity contribution in [3.05, 3.63) is 52.2 Å². The normalized spacial score (nSPS) is 22.1. The number of hydroxylamine groups is 1. The molecule has 1 unspecified atom stereocenters. The summed E-state index contributed by atoms with van der Waals surface area (Å²) in [5, 5.41) is 0.962. The molecule has 0 amide bonds. The molecule has 0 saturated carbocycles. The van der Waals surface area contributed by atoms with Gasteiger partial charge in [-0.2, -0.15) is 0 Å². The Labute approximate surface area is 112 Å². The third-order valence-corrected chi connectivity index (χ3v) is 3.07. The van der Waals surface area contributed by atoms with Gasteiger partial charge in [-0.15, -0.1) is 5.48 Å². The third kappa shape index (κ3) is 1.68. The minimum atomic E-state index is -1.08. The van der Waals surface area contributed by atoms with Crippen LogP contribution < -0.4 is 5.48 Å². The molecule has 0 radical (unpaired) electrons. The van der Waals surface area contributed by atoms with E-state index in [0.717, 1.165) is 0 Å². The number of hydrogen-bond donors (Lipinski definition) is 1. The number of aliphatic imine (C=N–C) groups is 1. The highest BCUT2D eigenvalue weighted by molar-refractivity contribution is 6.31. The summed E-state index contributed by atoms with van der Waals surface area (Å²) >= 11 is 11.9. The Kier molecular flexibility index (Phi) is 2.74. The summed E-state index contributed by atoms with van der Waals surface area (Å²) in [4.78, 5) is 13.4. The first-order valence-electron chi connectivity index (χ1n) is 5.04. The van der Waals surface area contributed by atoms with Crippen LogP contribution in [-0.4, -0.2) is 11.4 Å². The van der Waals surface area contributed by atoms with E-state index in [1.54, 1.807) is 18.2 Å². The van der Waals surface area contributed by atoms with Crippen molar-refractivity contribution in [2.24, 2.45) is 4.99 Å². The number of aromatic nitrogens is 1. The third-order valence-electron chi connectivity index (χ3n) is 2.55. The monoisotopic (exact) mass is 283 g/mol. The van der Waals surface area contributed by atoms with Crippen LogP contribution in [0.4, 0.5) is 0 Å². The summed E-state index contributed by atoms with van der Waals surface area (Å²) in [7, 11) is 0. The Hall–Kier alpha value is -1.56. The Morgan fingerprint density at radius 1 is 1.22 bits per heavy atom. The van der Waals surface area contributed by atoms with Crippen LogP contribution in [0.15, 0.2) is 40.1 Å². The van der Waals surface area contributed by atoms with E-state index in [0.29, 0.717) is 21.5 Å². The number of furan rings is 1. The second-order valence-corrected chi connectivity index (χ2v) is 4.47. The second kappa shape index (κ2) is 4.28. The quantitative estimate of drug-likeness (QED) is 0.921. The first-order valence-corrected chi connectivity index (χ1v) is 5.80. The van der Waals surface area contributed by atoms with Gasteiger partial charge in [0.1, 0.15) is 0 Å². The molecular weight excluding hydrogens is 277 g/mol. The van der Waals surface area contributed by atoms with Gasteiger partial charge in [0.2, 0.25) is 5.66 Å². The van der Waals surface area contributed by atoms with Gasteiger partial charge >= 0.3 is 0 Å². The lowest BCUT2D eigenvalue weighted by Crippen LogP contribution is -2.37. The Morgan fingerprint density at radius 2 is 2.11 bits per heavy atom. The van der Waals surface area contributed by atoms with E-state index in [1.165, 1.54) is 18.9 Å². The molecule has 0 aromatic carbocycles. The SMILES string of the molecule is Clc1ccc(C2(c3occc3Cl)N=CON2)nc1. The van der Waals surface area contributed by atoms with Crippen molar-refractivity contribution in [3.8, 4) is 0 Å². The summed E-state index contributed by atoms with van der Waals surface area (Å²) in [5.41, 5.74) is 2.23. The predicted molar refractivity (Wildman–Crippen MR) is 66.5 cm³/mol. The number of rotatable bonds is 2. The van der Waals surface area contributed by atoms with Gasteiger partial charge in [0, 0.05) is 6.20 Å². The highest BCUT2D eigenvalue weighted by atomic mass is 35.5. The fourth-order valence-electron chi connectivity index (χ4n) is 1.72. The molecule has 0 saturated heterocycles. The van der Waals surface area contributed by atoms with E-state index in [2.05, 4.69) is 15.5 Å². The van der Waals surface area contributed by atoms with Gasteiger partial charge in [-0.3, -0.25) is 4.98 Å². The molecule has 0 fully saturated rings. The van der Waals surface area contributed by atoms with Crippen molar-refractivity contribution in [1.29, 1.82) is 0 Å². The van der Waals surface area contributed by atoms with Crippen LogP contribution in [0.3, 0.4) is 0 Å². The summed E-state index contributed by atoms with van der Waals surface area (Å²) in [6.07, 6.45) is 4.27. The molecule has 0 spiro atoms. The van der Waals surface area contributed by atoms with Gasteiger partial charge in [-0.25, -0.2) is 4.99 Å². The summed E-state index contributed by atoms with van der Waals surface area (Å²) in [6, 6.07) is 5.06. The maximum Gasteiger partial charge on any atom is 0.246 e. The van der Waals surface area contributed by atoms with E-state index in [1.807, 2.05) is 0 Å².